The molecule has 0 saturated heterocycles. The molecular weight excluding hydrogens is 174 g/mol. The van der Waals surface area contributed by atoms with Gasteiger partial charge in [-0.1, -0.05) is 12.1 Å². The normalized spacial score (nSPS) is 9.00. The molecule has 0 aliphatic rings. The summed E-state index contributed by atoms with van der Waals surface area (Å²) in [6, 6.07) is 6.88. The minimum absolute atomic E-state index is 0.515. The lowest BCUT2D eigenvalue weighted by atomic mass is 10.3. The van der Waals surface area contributed by atoms with E-state index in [0.717, 1.165) is 0 Å². The van der Waals surface area contributed by atoms with Crippen molar-refractivity contribution in [2.75, 3.05) is 12.5 Å². The Morgan fingerprint density at radius 1 is 1.46 bits per heavy atom. The quantitative estimate of drug-likeness (QED) is 0.533. The largest absolute Gasteiger partial charge is 0.495 e. The van der Waals surface area contributed by atoms with Gasteiger partial charge in [0.05, 0.1) is 7.11 Å². The SMILES string of the molecule is COc1ccccc1NN[N+](=O)[O-]. The van der Waals surface area contributed by atoms with Crippen LogP contribution in [0.25, 0.3) is 0 Å². The van der Waals surface area contributed by atoms with Crippen LogP contribution in [0.15, 0.2) is 24.3 Å². The lowest BCUT2D eigenvalue weighted by molar-refractivity contribution is -0.538. The highest BCUT2D eigenvalue weighted by atomic mass is 16.7. The molecule has 0 aromatic heterocycles. The number of hydrogen-bond donors (Lipinski definition) is 2. The molecule has 6 nitrogen and oxygen atoms in total. The number of para-hydroxylation sites is 2. The molecule has 0 aliphatic carbocycles. The Morgan fingerprint density at radius 2 is 2.15 bits per heavy atom. The molecule has 1 rings (SSSR count). The molecule has 0 amide bonds. The Kier molecular flexibility index (Phi) is 2.91. The molecular formula is C7H9N3O3. The third kappa shape index (κ3) is 2.51. The number of anilines is 1. The number of rotatable bonds is 4. The first-order chi connectivity index (χ1) is 6.24. The molecule has 2 N–H and O–H groups in total. The maximum absolute atomic E-state index is 9.96. The maximum Gasteiger partial charge on any atom is 0.178 e. The predicted octanol–water partition coefficient (Wildman–Crippen LogP) is 0.803. The molecule has 0 saturated carbocycles. The molecule has 1 aromatic carbocycles. The van der Waals surface area contributed by atoms with Crippen LogP contribution < -0.4 is 15.7 Å². The van der Waals surface area contributed by atoms with E-state index in [0.29, 0.717) is 11.4 Å². The van der Waals surface area contributed by atoms with E-state index in [1.165, 1.54) is 7.11 Å². The Balaban J connectivity index is 2.69. The van der Waals surface area contributed by atoms with Crippen molar-refractivity contribution in [1.29, 1.82) is 0 Å². The second kappa shape index (κ2) is 4.15. The number of hydrazine groups is 2. The van der Waals surface area contributed by atoms with Gasteiger partial charge in [-0.2, -0.15) is 0 Å². The van der Waals surface area contributed by atoms with E-state index in [2.05, 4.69) is 5.43 Å². The van der Waals surface area contributed by atoms with Crippen molar-refractivity contribution in [3.63, 3.8) is 0 Å². The summed E-state index contributed by atoms with van der Waals surface area (Å²) in [7, 11) is 1.49. The molecule has 0 radical (unpaired) electrons. The molecule has 1 aromatic rings. The van der Waals surface area contributed by atoms with Crippen LogP contribution in [0.5, 0.6) is 5.75 Å². The van der Waals surface area contributed by atoms with Crippen molar-refractivity contribution in [2.45, 2.75) is 0 Å². The van der Waals surface area contributed by atoms with Crippen molar-refractivity contribution >= 4 is 5.69 Å². The van der Waals surface area contributed by atoms with Gasteiger partial charge in [0, 0.05) is 0 Å². The average Bonchev–Trinajstić information content (AvgIpc) is 2.15. The number of nitro groups is 1. The van der Waals surface area contributed by atoms with Gasteiger partial charge in [0.2, 0.25) is 0 Å². The molecule has 0 bridgehead atoms. The minimum atomic E-state index is -0.688. The molecule has 0 atom stereocenters. The summed E-state index contributed by atoms with van der Waals surface area (Å²) in [5, 5.41) is 9.28. The van der Waals surface area contributed by atoms with Gasteiger partial charge in [0.25, 0.3) is 0 Å². The zero-order valence-corrected chi connectivity index (χ0v) is 6.98. The molecule has 0 fully saturated rings. The molecule has 70 valence electrons. The van der Waals surface area contributed by atoms with Crippen LogP contribution in [-0.2, 0) is 0 Å². The number of hydrogen-bond acceptors (Lipinski definition) is 4. The van der Waals surface area contributed by atoms with Crippen LogP contribution in [0.2, 0.25) is 0 Å². The molecule has 6 heteroatoms. The van der Waals surface area contributed by atoms with Crippen molar-refractivity contribution in [3.05, 3.63) is 34.4 Å². The second-order valence-corrected chi connectivity index (χ2v) is 2.19. The number of nitrogens with one attached hydrogen (secondary N) is 2. The standard InChI is InChI=1S/C7H9N3O3/c1-13-7-5-3-2-4-6(7)8-9-10(11)12/h2-5,8-9H,1H3. The van der Waals surface area contributed by atoms with Crippen LogP contribution in [0, 0.1) is 10.1 Å². The van der Waals surface area contributed by atoms with E-state index in [1.807, 2.05) is 5.53 Å². The van der Waals surface area contributed by atoms with E-state index < -0.39 is 5.03 Å². The fourth-order valence-electron chi connectivity index (χ4n) is 0.854. The zero-order chi connectivity index (χ0) is 9.68. The van der Waals surface area contributed by atoms with Crippen LogP contribution in [-0.4, -0.2) is 12.1 Å². The van der Waals surface area contributed by atoms with Crippen LogP contribution in [0.1, 0.15) is 0 Å². The van der Waals surface area contributed by atoms with Crippen molar-refractivity contribution in [3.8, 4) is 5.75 Å². The fourth-order valence-corrected chi connectivity index (χ4v) is 0.854. The highest BCUT2D eigenvalue weighted by Gasteiger charge is 2.01. The predicted molar refractivity (Wildman–Crippen MR) is 46.7 cm³/mol. The Bertz CT molecular complexity index is 303. The van der Waals surface area contributed by atoms with E-state index in [4.69, 9.17) is 4.74 Å². The van der Waals surface area contributed by atoms with Gasteiger partial charge in [0.15, 0.2) is 5.03 Å². The van der Waals surface area contributed by atoms with Crippen LogP contribution in [0.4, 0.5) is 5.69 Å². The summed E-state index contributed by atoms with van der Waals surface area (Å²) >= 11 is 0. The second-order valence-electron chi connectivity index (χ2n) is 2.19. The minimum Gasteiger partial charge on any atom is -0.495 e. The molecule has 0 heterocycles. The van der Waals surface area contributed by atoms with Crippen molar-refractivity contribution < 1.29 is 9.77 Å². The van der Waals surface area contributed by atoms with Gasteiger partial charge >= 0.3 is 0 Å². The summed E-state index contributed by atoms with van der Waals surface area (Å²) in [5.74, 6) is 0.539. The van der Waals surface area contributed by atoms with Gasteiger partial charge in [-0.3, -0.25) is 0 Å². The van der Waals surface area contributed by atoms with E-state index in [9.17, 15) is 10.1 Å². The topological polar surface area (TPSA) is 76.4 Å². The fraction of sp³-hybridized carbons (Fsp3) is 0.143. The van der Waals surface area contributed by atoms with Crippen molar-refractivity contribution in [1.82, 2.24) is 5.53 Å². The van der Waals surface area contributed by atoms with Gasteiger partial charge in [-0.05, 0) is 17.7 Å². The lowest BCUT2D eigenvalue weighted by Crippen LogP contribution is -2.28. The first-order valence-electron chi connectivity index (χ1n) is 3.53. The Morgan fingerprint density at radius 3 is 2.77 bits per heavy atom. The summed E-state index contributed by atoms with van der Waals surface area (Å²) in [6.45, 7) is 0. The number of benzene rings is 1. The lowest BCUT2D eigenvalue weighted by Gasteiger charge is -2.07. The highest BCUT2D eigenvalue weighted by molar-refractivity contribution is 5.55. The molecule has 0 unspecified atom stereocenters. The monoisotopic (exact) mass is 183 g/mol. The summed E-state index contributed by atoms with van der Waals surface area (Å²) in [4.78, 5) is 9.96. The Labute approximate surface area is 74.6 Å². The van der Waals surface area contributed by atoms with Crippen LogP contribution >= 0.6 is 0 Å². The van der Waals surface area contributed by atoms with E-state index >= 15 is 0 Å². The first-order valence-corrected chi connectivity index (χ1v) is 3.53. The number of methoxy groups -OCH3 is 1. The van der Waals surface area contributed by atoms with Gasteiger partial charge in [-0.25, -0.2) is 15.5 Å². The van der Waals surface area contributed by atoms with E-state index in [-0.39, 0.29) is 0 Å². The first kappa shape index (κ1) is 9.11. The highest BCUT2D eigenvalue weighted by Crippen LogP contribution is 2.21. The van der Waals surface area contributed by atoms with Gasteiger partial charge in [0.1, 0.15) is 11.4 Å². The maximum atomic E-state index is 9.96. The Hall–Kier alpha value is -1.98. The summed E-state index contributed by atoms with van der Waals surface area (Å²) in [5.41, 5.74) is 4.73. The van der Waals surface area contributed by atoms with Crippen LogP contribution in [0.3, 0.4) is 0 Å². The van der Waals surface area contributed by atoms with E-state index in [1.54, 1.807) is 24.3 Å². The summed E-state index contributed by atoms with van der Waals surface area (Å²) < 4.78 is 4.95. The molecule has 13 heavy (non-hydrogen) atoms. The average molecular weight is 183 g/mol. The number of nitrogens with zero attached hydrogens (tertiary/aromatic N) is 1. The van der Waals surface area contributed by atoms with Gasteiger partial charge in [-0.15, -0.1) is 0 Å². The van der Waals surface area contributed by atoms with Gasteiger partial charge < -0.3 is 4.74 Å². The third-order valence-electron chi connectivity index (χ3n) is 1.39. The zero-order valence-electron chi connectivity index (χ0n) is 6.98. The smallest absolute Gasteiger partial charge is 0.178 e. The van der Waals surface area contributed by atoms with Crippen molar-refractivity contribution in [2.24, 2.45) is 0 Å². The summed E-state index contributed by atoms with van der Waals surface area (Å²) in [6.07, 6.45) is 0. The third-order valence-corrected chi connectivity index (χ3v) is 1.39. The molecule has 0 aliphatic heterocycles. The number of ether oxygens (including phenoxy) is 1. The molecule has 0 spiro atoms.